The number of ether oxygens (including phenoxy) is 4. The first-order chi connectivity index (χ1) is 8.58. The van der Waals surface area contributed by atoms with Crippen LogP contribution >= 0.6 is 0 Å². The van der Waals surface area contributed by atoms with E-state index in [1.165, 1.54) is 0 Å². The van der Waals surface area contributed by atoms with Gasteiger partial charge in [0.05, 0.1) is 25.0 Å². The van der Waals surface area contributed by atoms with Crippen molar-refractivity contribution in [2.24, 2.45) is 11.8 Å². The number of hydrogen-bond donors (Lipinski definition) is 0. The summed E-state index contributed by atoms with van der Waals surface area (Å²) in [6.45, 7) is 5.13. The van der Waals surface area contributed by atoms with Gasteiger partial charge >= 0.3 is 11.9 Å². The Bertz CT molecular complexity index is 289. The molecule has 0 aromatic rings. The lowest BCUT2D eigenvalue weighted by Crippen LogP contribution is -2.30. The molecule has 0 radical (unpaired) electrons. The van der Waals surface area contributed by atoms with E-state index in [4.69, 9.17) is 18.9 Å². The van der Waals surface area contributed by atoms with Crippen LogP contribution in [0.1, 0.15) is 13.8 Å². The average Bonchev–Trinajstić information content (AvgIpc) is 3.24. The quantitative estimate of drug-likeness (QED) is 0.477. The monoisotopic (exact) mass is 258 g/mol. The third-order valence-electron chi connectivity index (χ3n) is 3.12. The van der Waals surface area contributed by atoms with Crippen molar-refractivity contribution in [2.45, 2.75) is 26.1 Å². The van der Waals surface area contributed by atoms with E-state index in [1.807, 2.05) is 0 Å². The van der Waals surface area contributed by atoms with E-state index in [-0.39, 0.29) is 25.4 Å². The van der Waals surface area contributed by atoms with Crippen molar-refractivity contribution in [2.75, 3.05) is 26.4 Å². The molecule has 18 heavy (non-hydrogen) atoms. The molecular formula is C12H18O6. The molecule has 6 nitrogen and oxygen atoms in total. The van der Waals surface area contributed by atoms with Crippen LogP contribution in [-0.4, -0.2) is 50.6 Å². The fourth-order valence-electron chi connectivity index (χ4n) is 1.35. The minimum Gasteiger partial charge on any atom is -0.463 e. The van der Waals surface area contributed by atoms with E-state index in [2.05, 4.69) is 0 Å². The Morgan fingerprint density at radius 1 is 1.00 bits per heavy atom. The Kier molecular flexibility index (Phi) is 4.19. The molecule has 0 N–H and O–H groups in total. The highest BCUT2D eigenvalue weighted by Gasteiger charge is 2.32. The van der Waals surface area contributed by atoms with Gasteiger partial charge in [-0.2, -0.15) is 0 Å². The summed E-state index contributed by atoms with van der Waals surface area (Å²) < 4.78 is 20.0. The summed E-state index contributed by atoms with van der Waals surface area (Å²) >= 11 is 0. The van der Waals surface area contributed by atoms with Crippen molar-refractivity contribution >= 4 is 11.9 Å². The van der Waals surface area contributed by atoms with Gasteiger partial charge in [0.2, 0.25) is 0 Å². The number of carbonyl (C=O) groups is 2. The summed E-state index contributed by atoms with van der Waals surface area (Å²) in [6.07, 6.45) is 0.0749. The normalized spacial score (nSPS) is 28.1. The summed E-state index contributed by atoms with van der Waals surface area (Å²) in [5, 5.41) is 0. The van der Waals surface area contributed by atoms with Gasteiger partial charge in [-0.15, -0.1) is 0 Å². The predicted molar refractivity (Wildman–Crippen MR) is 59.7 cm³/mol. The third kappa shape index (κ3) is 3.96. The molecule has 0 bridgehead atoms. The molecule has 2 heterocycles. The molecule has 0 aliphatic carbocycles. The third-order valence-corrected chi connectivity index (χ3v) is 3.12. The van der Waals surface area contributed by atoms with E-state index in [0.29, 0.717) is 13.2 Å². The predicted octanol–water partition coefficient (Wildman–Crippen LogP) is 0.143. The van der Waals surface area contributed by atoms with Crippen LogP contribution in [0.5, 0.6) is 0 Å². The Hall–Kier alpha value is -1.14. The van der Waals surface area contributed by atoms with Crippen molar-refractivity contribution in [3.8, 4) is 0 Å². The zero-order chi connectivity index (χ0) is 13.1. The first-order valence-corrected chi connectivity index (χ1v) is 6.14. The fourth-order valence-corrected chi connectivity index (χ4v) is 1.35. The van der Waals surface area contributed by atoms with Crippen LogP contribution in [0.3, 0.4) is 0 Å². The number of hydrogen-bond acceptors (Lipinski definition) is 6. The summed E-state index contributed by atoms with van der Waals surface area (Å²) in [7, 11) is 0. The molecule has 2 aliphatic rings. The van der Waals surface area contributed by atoms with Gasteiger partial charge in [0.1, 0.15) is 25.4 Å². The Morgan fingerprint density at radius 3 is 1.61 bits per heavy atom. The average molecular weight is 258 g/mol. The molecule has 2 saturated heterocycles. The van der Waals surface area contributed by atoms with Gasteiger partial charge in [-0.3, -0.25) is 9.59 Å². The Morgan fingerprint density at radius 2 is 1.33 bits per heavy atom. The number of epoxide rings is 2. The van der Waals surface area contributed by atoms with Crippen LogP contribution in [0.2, 0.25) is 0 Å². The second-order valence-corrected chi connectivity index (χ2v) is 4.75. The lowest BCUT2D eigenvalue weighted by atomic mass is 9.96. The summed E-state index contributed by atoms with van der Waals surface area (Å²) in [6, 6.07) is 0. The van der Waals surface area contributed by atoms with Crippen LogP contribution in [0.25, 0.3) is 0 Å². The first-order valence-electron chi connectivity index (χ1n) is 6.14. The molecule has 102 valence electrons. The largest absolute Gasteiger partial charge is 0.463 e. The fraction of sp³-hybridized carbons (Fsp3) is 0.833. The highest BCUT2D eigenvalue weighted by atomic mass is 16.6. The van der Waals surface area contributed by atoms with Crippen molar-refractivity contribution in [1.82, 2.24) is 0 Å². The maximum absolute atomic E-state index is 11.7. The van der Waals surface area contributed by atoms with Crippen LogP contribution in [0, 0.1) is 11.8 Å². The van der Waals surface area contributed by atoms with Gasteiger partial charge in [-0.25, -0.2) is 0 Å². The lowest BCUT2D eigenvalue weighted by molar-refractivity contribution is -0.159. The van der Waals surface area contributed by atoms with Gasteiger partial charge in [0.25, 0.3) is 0 Å². The molecule has 0 aromatic heterocycles. The molecule has 2 aliphatic heterocycles. The minimum atomic E-state index is -0.517. The molecule has 2 fully saturated rings. The van der Waals surface area contributed by atoms with E-state index >= 15 is 0 Å². The molecule has 0 amide bonds. The summed E-state index contributed by atoms with van der Waals surface area (Å²) in [4.78, 5) is 23.3. The Labute approximate surface area is 106 Å². The van der Waals surface area contributed by atoms with E-state index in [9.17, 15) is 9.59 Å². The van der Waals surface area contributed by atoms with Crippen molar-refractivity contribution in [3.05, 3.63) is 0 Å². The smallest absolute Gasteiger partial charge is 0.309 e. The molecule has 6 heteroatoms. The number of rotatable bonds is 7. The van der Waals surface area contributed by atoms with Crippen LogP contribution in [-0.2, 0) is 28.5 Å². The molecule has 0 aromatic carbocycles. The van der Waals surface area contributed by atoms with Crippen molar-refractivity contribution < 1.29 is 28.5 Å². The van der Waals surface area contributed by atoms with Gasteiger partial charge in [-0.1, -0.05) is 13.8 Å². The van der Waals surface area contributed by atoms with Crippen LogP contribution in [0.15, 0.2) is 0 Å². The highest BCUT2D eigenvalue weighted by Crippen LogP contribution is 2.18. The minimum absolute atomic E-state index is 0.0374. The molecule has 2 rings (SSSR count). The standard InChI is InChI=1S/C12H18O6/c1-7(11(13)17-5-9-3-15-9)8(2)12(14)18-6-10-4-16-10/h7-10H,3-6H2,1-2H3. The second-order valence-electron chi connectivity index (χ2n) is 4.75. The highest BCUT2D eigenvalue weighted by molar-refractivity contribution is 5.81. The Balaban J connectivity index is 1.68. The second kappa shape index (κ2) is 5.67. The van der Waals surface area contributed by atoms with E-state index < -0.39 is 23.8 Å². The summed E-state index contributed by atoms with van der Waals surface area (Å²) in [5.41, 5.74) is 0. The zero-order valence-corrected chi connectivity index (χ0v) is 10.6. The number of esters is 2. The maximum Gasteiger partial charge on any atom is 0.309 e. The maximum atomic E-state index is 11.7. The van der Waals surface area contributed by atoms with Gasteiger partial charge < -0.3 is 18.9 Å². The molecule has 4 unspecified atom stereocenters. The van der Waals surface area contributed by atoms with Gasteiger partial charge in [0, 0.05) is 0 Å². The van der Waals surface area contributed by atoms with Gasteiger partial charge in [0.15, 0.2) is 0 Å². The zero-order valence-electron chi connectivity index (χ0n) is 10.6. The van der Waals surface area contributed by atoms with E-state index in [1.54, 1.807) is 13.8 Å². The van der Waals surface area contributed by atoms with Gasteiger partial charge in [-0.05, 0) is 0 Å². The van der Waals surface area contributed by atoms with E-state index in [0.717, 1.165) is 0 Å². The van der Waals surface area contributed by atoms with Crippen LogP contribution < -0.4 is 0 Å². The topological polar surface area (TPSA) is 77.7 Å². The molecule has 0 spiro atoms. The molecular weight excluding hydrogens is 240 g/mol. The lowest BCUT2D eigenvalue weighted by Gasteiger charge is -2.17. The first kappa shape index (κ1) is 13.3. The SMILES string of the molecule is CC(C(=O)OCC1CO1)C(C)C(=O)OCC1CO1. The van der Waals surface area contributed by atoms with Crippen molar-refractivity contribution in [1.29, 1.82) is 0 Å². The summed E-state index contributed by atoms with van der Waals surface area (Å²) in [5.74, 6) is -1.82. The van der Waals surface area contributed by atoms with Crippen LogP contribution in [0.4, 0.5) is 0 Å². The molecule has 4 atom stereocenters. The molecule has 0 saturated carbocycles. The van der Waals surface area contributed by atoms with Crippen molar-refractivity contribution in [3.63, 3.8) is 0 Å². The number of carbonyl (C=O) groups excluding carboxylic acids is 2.